The summed E-state index contributed by atoms with van der Waals surface area (Å²) in [6.45, 7) is 0. The summed E-state index contributed by atoms with van der Waals surface area (Å²) in [7, 11) is 0. The Morgan fingerprint density at radius 1 is 1.12 bits per heavy atom. The Kier molecular flexibility index (Phi) is 2.89. The van der Waals surface area contributed by atoms with Gasteiger partial charge in [0.2, 0.25) is 0 Å². The molecule has 0 saturated carbocycles. The van der Waals surface area contributed by atoms with Crippen molar-refractivity contribution in [3.8, 4) is 11.3 Å². The van der Waals surface area contributed by atoms with E-state index in [1.807, 2.05) is 6.07 Å². The van der Waals surface area contributed by atoms with Crippen LogP contribution in [-0.2, 0) is 18.7 Å². The second-order valence-corrected chi connectivity index (χ2v) is 4.77. The topological polar surface area (TPSA) is 26.0 Å². The fraction of sp³-hybridized carbons (Fsp3) is 0.357. The first-order chi connectivity index (χ1) is 8.36. The zero-order valence-corrected chi connectivity index (χ0v) is 10.3. The zero-order valence-electron chi connectivity index (χ0n) is 9.58. The molecule has 1 aliphatic carbocycles. The van der Waals surface area contributed by atoms with E-state index in [-0.39, 0.29) is 0 Å². The highest BCUT2D eigenvalue weighted by Gasteiger charge is 2.12. The van der Waals surface area contributed by atoms with E-state index < -0.39 is 0 Å². The number of halogens is 1. The molecule has 0 atom stereocenters. The van der Waals surface area contributed by atoms with E-state index in [1.165, 1.54) is 36.8 Å². The van der Waals surface area contributed by atoms with Gasteiger partial charge in [-0.05, 0) is 42.9 Å². The quantitative estimate of drug-likeness (QED) is 0.751. The van der Waals surface area contributed by atoms with Gasteiger partial charge in [-0.1, -0.05) is 17.3 Å². The summed E-state index contributed by atoms with van der Waals surface area (Å²) in [5.74, 6) is 1.21. The lowest BCUT2D eigenvalue weighted by Gasteiger charge is -2.15. The Morgan fingerprint density at radius 3 is 2.71 bits per heavy atom. The van der Waals surface area contributed by atoms with Gasteiger partial charge in [0, 0.05) is 11.6 Å². The van der Waals surface area contributed by atoms with E-state index in [9.17, 15) is 0 Å². The molecule has 0 fully saturated rings. The largest absolute Gasteiger partial charge is 0.356 e. The molecule has 1 aromatic heterocycles. The number of hydrogen-bond acceptors (Lipinski definition) is 2. The van der Waals surface area contributed by atoms with Crippen molar-refractivity contribution in [2.75, 3.05) is 0 Å². The van der Waals surface area contributed by atoms with Crippen molar-refractivity contribution in [2.24, 2.45) is 0 Å². The molecule has 88 valence electrons. The number of nitrogens with zero attached hydrogens (tertiary/aromatic N) is 1. The van der Waals surface area contributed by atoms with Gasteiger partial charge in [-0.25, -0.2) is 0 Å². The Bertz CT molecular complexity index is 533. The van der Waals surface area contributed by atoms with E-state index in [0.29, 0.717) is 5.88 Å². The second kappa shape index (κ2) is 4.53. The Labute approximate surface area is 106 Å². The van der Waals surface area contributed by atoms with Crippen molar-refractivity contribution < 1.29 is 4.52 Å². The minimum Gasteiger partial charge on any atom is -0.356 e. The molecule has 2 aromatic rings. The van der Waals surface area contributed by atoms with Crippen LogP contribution < -0.4 is 0 Å². The van der Waals surface area contributed by atoms with Crippen molar-refractivity contribution >= 4 is 11.6 Å². The molecule has 3 heteroatoms. The molecule has 1 aromatic carbocycles. The summed E-state index contributed by atoms with van der Waals surface area (Å²) >= 11 is 5.72. The lowest BCUT2D eigenvalue weighted by molar-refractivity contribution is 0.426. The summed E-state index contributed by atoms with van der Waals surface area (Å²) in [5, 5.41) is 3.92. The van der Waals surface area contributed by atoms with Gasteiger partial charge in [0.15, 0.2) is 5.76 Å². The number of alkyl halides is 1. The number of aromatic nitrogens is 1. The molecule has 0 unspecified atom stereocenters. The Balaban J connectivity index is 1.97. The molecule has 17 heavy (non-hydrogen) atoms. The number of fused-ring (bicyclic) bond motifs is 1. The minimum atomic E-state index is 0.397. The van der Waals surface area contributed by atoms with Gasteiger partial charge in [0.05, 0.1) is 11.6 Å². The number of aryl methyl sites for hydroxylation is 2. The first-order valence-electron chi connectivity index (χ1n) is 6.00. The van der Waals surface area contributed by atoms with Gasteiger partial charge in [-0.3, -0.25) is 0 Å². The predicted octanol–water partition coefficient (Wildman–Crippen LogP) is 3.96. The summed E-state index contributed by atoms with van der Waals surface area (Å²) in [4.78, 5) is 0. The molecule has 3 rings (SSSR count). The van der Waals surface area contributed by atoms with E-state index in [4.69, 9.17) is 16.1 Å². The van der Waals surface area contributed by atoms with Gasteiger partial charge in [0.25, 0.3) is 0 Å². The summed E-state index contributed by atoms with van der Waals surface area (Å²) in [6, 6.07) is 8.47. The third kappa shape index (κ3) is 2.09. The van der Waals surface area contributed by atoms with E-state index in [1.54, 1.807) is 0 Å². The van der Waals surface area contributed by atoms with Crippen molar-refractivity contribution in [3.05, 3.63) is 41.1 Å². The summed E-state index contributed by atoms with van der Waals surface area (Å²) in [6.07, 6.45) is 4.99. The molecule has 2 nitrogen and oxygen atoms in total. The van der Waals surface area contributed by atoms with Crippen LogP contribution >= 0.6 is 11.6 Å². The first-order valence-corrected chi connectivity index (χ1v) is 6.54. The minimum absolute atomic E-state index is 0.397. The molecule has 0 saturated heterocycles. The number of hydrogen-bond donors (Lipinski definition) is 0. The van der Waals surface area contributed by atoms with Crippen LogP contribution in [0.1, 0.15) is 29.7 Å². The highest BCUT2D eigenvalue weighted by Crippen LogP contribution is 2.28. The fourth-order valence-electron chi connectivity index (χ4n) is 2.40. The van der Waals surface area contributed by atoms with Crippen molar-refractivity contribution in [1.82, 2.24) is 5.16 Å². The van der Waals surface area contributed by atoms with Crippen LogP contribution in [0.3, 0.4) is 0 Å². The molecule has 0 amide bonds. The standard InChI is InChI=1S/C14H14ClNO/c15-9-13-8-14(17-16-13)12-6-5-10-3-1-2-4-11(10)7-12/h5-8H,1-4,9H2. The Morgan fingerprint density at radius 2 is 1.94 bits per heavy atom. The SMILES string of the molecule is ClCc1cc(-c2ccc3c(c2)CCCC3)on1. The third-order valence-electron chi connectivity index (χ3n) is 3.33. The second-order valence-electron chi connectivity index (χ2n) is 4.51. The van der Waals surface area contributed by atoms with E-state index >= 15 is 0 Å². The molecule has 0 radical (unpaired) electrons. The first kappa shape index (κ1) is 10.8. The maximum absolute atomic E-state index is 5.72. The van der Waals surface area contributed by atoms with Gasteiger partial charge < -0.3 is 4.52 Å². The normalized spacial score (nSPS) is 14.6. The van der Waals surface area contributed by atoms with Crippen LogP contribution in [0.2, 0.25) is 0 Å². The monoisotopic (exact) mass is 247 g/mol. The average molecular weight is 248 g/mol. The van der Waals surface area contributed by atoms with Gasteiger partial charge in [0.1, 0.15) is 0 Å². The van der Waals surface area contributed by atoms with Crippen LogP contribution in [0.15, 0.2) is 28.8 Å². The Hall–Kier alpha value is -1.28. The molecule has 1 heterocycles. The van der Waals surface area contributed by atoms with Crippen molar-refractivity contribution in [3.63, 3.8) is 0 Å². The maximum Gasteiger partial charge on any atom is 0.167 e. The zero-order chi connectivity index (χ0) is 11.7. The van der Waals surface area contributed by atoms with Gasteiger partial charge >= 0.3 is 0 Å². The summed E-state index contributed by atoms with van der Waals surface area (Å²) < 4.78 is 5.30. The molecular formula is C14H14ClNO. The van der Waals surface area contributed by atoms with Crippen LogP contribution in [-0.4, -0.2) is 5.16 Å². The van der Waals surface area contributed by atoms with Crippen molar-refractivity contribution in [1.29, 1.82) is 0 Å². The van der Waals surface area contributed by atoms with Gasteiger partial charge in [-0.2, -0.15) is 0 Å². The van der Waals surface area contributed by atoms with Crippen LogP contribution in [0.25, 0.3) is 11.3 Å². The number of benzene rings is 1. The van der Waals surface area contributed by atoms with Crippen LogP contribution in [0, 0.1) is 0 Å². The lowest BCUT2D eigenvalue weighted by atomic mass is 9.90. The smallest absolute Gasteiger partial charge is 0.167 e. The number of rotatable bonds is 2. The van der Waals surface area contributed by atoms with Crippen LogP contribution in [0.5, 0.6) is 0 Å². The average Bonchev–Trinajstić information content (AvgIpc) is 2.87. The molecular weight excluding hydrogens is 234 g/mol. The highest BCUT2D eigenvalue weighted by molar-refractivity contribution is 6.16. The predicted molar refractivity (Wildman–Crippen MR) is 68.1 cm³/mol. The maximum atomic E-state index is 5.72. The van der Waals surface area contributed by atoms with E-state index in [2.05, 4.69) is 23.4 Å². The van der Waals surface area contributed by atoms with Crippen LogP contribution in [0.4, 0.5) is 0 Å². The van der Waals surface area contributed by atoms with E-state index in [0.717, 1.165) is 17.0 Å². The lowest BCUT2D eigenvalue weighted by Crippen LogP contribution is -2.02. The molecule has 0 spiro atoms. The summed E-state index contributed by atoms with van der Waals surface area (Å²) in [5.41, 5.74) is 4.84. The van der Waals surface area contributed by atoms with Gasteiger partial charge in [-0.15, -0.1) is 11.6 Å². The molecule has 0 aliphatic heterocycles. The fourth-order valence-corrected chi connectivity index (χ4v) is 2.52. The highest BCUT2D eigenvalue weighted by atomic mass is 35.5. The molecule has 0 bridgehead atoms. The molecule has 0 N–H and O–H groups in total. The molecule has 1 aliphatic rings. The third-order valence-corrected chi connectivity index (χ3v) is 3.60. The van der Waals surface area contributed by atoms with Crippen molar-refractivity contribution in [2.45, 2.75) is 31.6 Å².